The maximum Gasteiger partial charge on any atom is 0.0896 e. The lowest BCUT2D eigenvalue weighted by Crippen LogP contribution is -2.24. The van der Waals surface area contributed by atoms with Crippen molar-refractivity contribution in [3.8, 4) is 0 Å². The van der Waals surface area contributed by atoms with Gasteiger partial charge < -0.3 is 5.11 Å². The molecule has 18 heavy (non-hydrogen) atoms. The Morgan fingerprint density at radius 1 is 1.28 bits per heavy atom. The third-order valence-electron chi connectivity index (χ3n) is 4.34. The zero-order valence-corrected chi connectivity index (χ0v) is 11.8. The van der Waals surface area contributed by atoms with E-state index in [1.807, 2.05) is 0 Å². The number of benzene rings is 1. The summed E-state index contributed by atoms with van der Waals surface area (Å²) >= 11 is 0. The van der Waals surface area contributed by atoms with E-state index in [1.165, 1.54) is 18.4 Å². The number of hydrogen-bond donors (Lipinski definition) is 1. The molecular formula is C17H26O. The van der Waals surface area contributed by atoms with Gasteiger partial charge in [-0.1, -0.05) is 51.0 Å². The molecule has 2 rings (SSSR count). The van der Waals surface area contributed by atoms with Crippen molar-refractivity contribution in [3.05, 3.63) is 35.4 Å². The zero-order valence-electron chi connectivity index (χ0n) is 11.8. The van der Waals surface area contributed by atoms with Crippen LogP contribution < -0.4 is 0 Å². The van der Waals surface area contributed by atoms with Crippen LogP contribution in [-0.2, 0) is 12.0 Å². The number of rotatable bonds is 3. The molecular weight excluding hydrogens is 220 g/mol. The Labute approximate surface area is 111 Å². The first-order valence-corrected chi connectivity index (χ1v) is 7.46. The minimum absolute atomic E-state index is 0.575. The van der Waals surface area contributed by atoms with E-state index in [0.717, 1.165) is 43.6 Å². The van der Waals surface area contributed by atoms with Gasteiger partial charge >= 0.3 is 0 Å². The van der Waals surface area contributed by atoms with Gasteiger partial charge in [-0.15, -0.1) is 0 Å². The fourth-order valence-corrected chi connectivity index (χ4v) is 3.09. The Morgan fingerprint density at radius 3 is 2.89 bits per heavy atom. The second kappa shape index (κ2) is 5.88. The molecule has 0 aromatic heterocycles. The molecule has 1 aromatic carbocycles. The van der Waals surface area contributed by atoms with Gasteiger partial charge in [0.05, 0.1) is 5.60 Å². The average molecular weight is 246 g/mol. The van der Waals surface area contributed by atoms with Crippen LogP contribution in [0.4, 0.5) is 0 Å². The van der Waals surface area contributed by atoms with Crippen molar-refractivity contribution in [2.24, 2.45) is 5.92 Å². The molecule has 0 radical (unpaired) electrons. The highest BCUT2D eigenvalue weighted by Gasteiger charge is 2.31. The third-order valence-corrected chi connectivity index (χ3v) is 4.34. The first-order valence-electron chi connectivity index (χ1n) is 7.46. The van der Waals surface area contributed by atoms with E-state index in [4.69, 9.17) is 0 Å². The molecule has 0 bridgehead atoms. The predicted molar refractivity (Wildman–Crippen MR) is 76.6 cm³/mol. The summed E-state index contributed by atoms with van der Waals surface area (Å²) in [7, 11) is 0. The van der Waals surface area contributed by atoms with Crippen molar-refractivity contribution in [2.75, 3.05) is 0 Å². The van der Waals surface area contributed by atoms with Crippen LogP contribution in [0.25, 0.3) is 0 Å². The Kier molecular flexibility index (Phi) is 4.45. The largest absolute Gasteiger partial charge is 0.385 e. The van der Waals surface area contributed by atoms with Crippen LogP contribution in [0.1, 0.15) is 63.5 Å². The lowest BCUT2D eigenvalue weighted by molar-refractivity contribution is 0.0197. The molecule has 0 amide bonds. The molecule has 1 fully saturated rings. The van der Waals surface area contributed by atoms with E-state index < -0.39 is 5.60 Å². The summed E-state index contributed by atoms with van der Waals surface area (Å²) in [5.41, 5.74) is 1.93. The number of aliphatic hydroxyl groups is 1. The lowest BCUT2D eigenvalue weighted by atomic mass is 9.85. The molecule has 1 heteroatoms. The van der Waals surface area contributed by atoms with Gasteiger partial charge in [0.25, 0.3) is 0 Å². The topological polar surface area (TPSA) is 20.2 Å². The van der Waals surface area contributed by atoms with Gasteiger partial charge in [-0.05, 0) is 49.1 Å². The summed E-state index contributed by atoms with van der Waals surface area (Å²) in [5, 5.41) is 10.9. The molecule has 100 valence electrons. The first-order chi connectivity index (χ1) is 8.64. The van der Waals surface area contributed by atoms with Crippen LogP contribution in [0.3, 0.4) is 0 Å². The highest BCUT2D eigenvalue weighted by atomic mass is 16.3. The van der Waals surface area contributed by atoms with Crippen molar-refractivity contribution < 1.29 is 5.11 Å². The maximum atomic E-state index is 10.9. The van der Waals surface area contributed by atoms with Crippen LogP contribution in [0.5, 0.6) is 0 Å². The molecule has 1 aliphatic carbocycles. The standard InChI is InChI=1S/C17H26O/c1-3-6-15-8-4-9-16(13-15)17(18)11-5-7-14(2)10-12-17/h4,8-9,13-14,18H,3,5-7,10-12H2,1-2H3. The Hall–Kier alpha value is -0.820. The summed E-state index contributed by atoms with van der Waals surface area (Å²) in [6.07, 6.45) is 7.68. The van der Waals surface area contributed by atoms with Crippen LogP contribution >= 0.6 is 0 Å². The van der Waals surface area contributed by atoms with Gasteiger partial charge in [-0.3, -0.25) is 0 Å². The van der Waals surface area contributed by atoms with Crippen LogP contribution in [-0.4, -0.2) is 5.11 Å². The molecule has 1 aliphatic rings. The van der Waals surface area contributed by atoms with Crippen molar-refractivity contribution in [1.29, 1.82) is 0 Å². The Morgan fingerprint density at radius 2 is 2.11 bits per heavy atom. The first kappa shape index (κ1) is 13.6. The maximum absolute atomic E-state index is 10.9. The van der Waals surface area contributed by atoms with Crippen LogP contribution in [0.15, 0.2) is 24.3 Å². The number of hydrogen-bond acceptors (Lipinski definition) is 1. The lowest BCUT2D eigenvalue weighted by Gasteiger charge is -2.28. The van der Waals surface area contributed by atoms with E-state index >= 15 is 0 Å². The smallest absolute Gasteiger partial charge is 0.0896 e. The molecule has 0 spiro atoms. The van der Waals surface area contributed by atoms with E-state index in [2.05, 4.69) is 38.1 Å². The Bertz CT molecular complexity index is 385. The quantitative estimate of drug-likeness (QED) is 0.782. The van der Waals surface area contributed by atoms with Gasteiger partial charge in [0.1, 0.15) is 0 Å². The van der Waals surface area contributed by atoms with E-state index in [-0.39, 0.29) is 0 Å². The molecule has 0 heterocycles. The minimum atomic E-state index is -0.575. The van der Waals surface area contributed by atoms with Crippen molar-refractivity contribution in [3.63, 3.8) is 0 Å². The Balaban J connectivity index is 2.20. The van der Waals surface area contributed by atoms with E-state index in [9.17, 15) is 5.11 Å². The normalized spacial score (nSPS) is 28.9. The second-order valence-corrected chi connectivity index (χ2v) is 6.02. The molecule has 0 aliphatic heterocycles. The fourth-order valence-electron chi connectivity index (χ4n) is 3.09. The van der Waals surface area contributed by atoms with Crippen molar-refractivity contribution in [2.45, 2.75) is 64.4 Å². The molecule has 2 atom stereocenters. The molecule has 1 N–H and O–H groups in total. The van der Waals surface area contributed by atoms with Crippen molar-refractivity contribution in [1.82, 2.24) is 0 Å². The summed E-state index contributed by atoms with van der Waals surface area (Å²) in [6, 6.07) is 8.61. The minimum Gasteiger partial charge on any atom is -0.385 e. The van der Waals surface area contributed by atoms with Crippen LogP contribution in [0.2, 0.25) is 0 Å². The summed E-state index contributed by atoms with van der Waals surface area (Å²) in [5.74, 6) is 0.762. The number of aryl methyl sites for hydroxylation is 1. The third kappa shape index (κ3) is 3.14. The zero-order chi connectivity index (χ0) is 13.0. The monoisotopic (exact) mass is 246 g/mol. The molecule has 1 saturated carbocycles. The van der Waals surface area contributed by atoms with Crippen molar-refractivity contribution >= 4 is 0 Å². The summed E-state index contributed by atoms with van der Waals surface area (Å²) in [4.78, 5) is 0. The molecule has 0 saturated heterocycles. The molecule has 2 unspecified atom stereocenters. The molecule has 1 aromatic rings. The average Bonchev–Trinajstić information content (AvgIpc) is 2.54. The predicted octanol–water partition coefficient (Wildman–Crippen LogP) is 4.43. The summed E-state index contributed by atoms with van der Waals surface area (Å²) < 4.78 is 0. The second-order valence-electron chi connectivity index (χ2n) is 6.02. The van der Waals surface area contributed by atoms with Gasteiger partial charge in [0, 0.05) is 0 Å². The summed E-state index contributed by atoms with van der Waals surface area (Å²) in [6.45, 7) is 4.51. The van der Waals surface area contributed by atoms with E-state index in [0.29, 0.717) is 0 Å². The van der Waals surface area contributed by atoms with Gasteiger partial charge in [0.15, 0.2) is 0 Å². The highest BCUT2D eigenvalue weighted by molar-refractivity contribution is 5.28. The van der Waals surface area contributed by atoms with E-state index in [1.54, 1.807) is 0 Å². The SMILES string of the molecule is CCCc1cccc(C2(O)CCCC(C)CC2)c1. The van der Waals surface area contributed by atoms with Gasteiger partial charge in [-0.2, -0.15) is 0 Å². The fraction of sp³-hybridized carbons (Fsp3) is 0.647. The highest BCUT2D eigenvalue weighted by Crippen LogP contribution is 2.37. The van der Waals surface area contributed by atoms with Crippen LogP contribution in [0, 0.1) is 5.92 Å². The van der Waals surface area contributed by atoms with Gasteiger partial charge in [0.2, 0.25) is 0 Å². The van der Waals surface area contributed by atoms with Gasteiger partial charge in [-0.25, -0.2) is 0 Å². The molecule has 1 nitrogen and oxygen atoms in total.